The average Bonchev–Trinajstić information content (AvgIpc) is 2.86. The fraction of sp³-hybridized carbons (Fsp3) is 0.222. The van der Waals surface area contributed by atoms with Crippen LogP contribution in [-0.2, 0) is 13.1 Å². The first-order valence-electron chi connectivity index (χ1n) is 7.30. The third-order valence-electron chi connectivity index (χ3n) is 3.70. The first-order valence-corrected chi connectivity index (χ1v) is 7.30. The van der Waals surface area contributed by atoms with Gasteiger partial charge < -0.3 is 9.88 Å². The van der Waals surface area contributed by atoms with Crippen molar-refractivity contribution in [2.75, 3.05) is 6.54 Å². The van der Waals surface area contributed by atoms with E-state index in [0.717, 1.165) is 25.2 Å². The van der Waals surface area contributed by atoms with Gasteiger partial charge in [-0.3, -0.25) is 0 Å². The van der Waals surface area contributed by atoms with Gasteiger partial charge >= 0.3 is 0 Å². The lowest BCUT2D eigenvalue weighted by atomic mass is 10.2. The lowest BCUT2D eigenvalue weighted by molar-refractivity contribution is 0.626. The van der Waals surface area contributed by atoms with Crippen LogP contribution in [-0.4, -0.2) is 11.1 Å². The highest BCUT2D eigenvalue weighted by atomic mass is 19.1. The van der Waals surface area contributed by atoms with Crippen molar-refractivity contribution >= 4 is 10.9 Å². The van der Waals surface area contributed by atoms with Gasteiger partial charge in [-0.25, -0.2) is 4.39 Å². The van der Waals surface area contributed by atoms with Crippen molar-refractivity contribution in [2.24, 2.45) is 0 Å². The standard InChI is InChI=1S/C18H19FN2/c1-2-20-11-15-13-21(18-6-4-3-5-17(15)18)12-14-7-9-16(19)10-8-14/h3-10,13,20H,2,11-12H2,1H3. The van der Waals surface area contributed by atoms with Crippen LogP contribution in [0.15, 0.2) is 54.7 Å². The van der Waals surface area contributed by atoms with E-state index in [-0.39, 0.29) is 5.82 Å². The van der Waals surface area contributed by atoms with Crippen LogP contribution < -0.4 is 5.32 Å². The Bertz CT molecular complexity index is 729. The Hall–Kier alpha value is -2.13. The maximum atomic E-state index is 13.0. The van der Waals surface area contributed by atoms with Gasteiger partial charge in [0, 0.05) is 30.2 Å². The number of halogens is 1. The van der Waals surface area contributed by atoms with Crippen LogP contribution in [0.25, 0.3) is 10.9 Å². The van der Waals surface area contributed by atoms with E-state index in [1.807, 2.05) is 12.1 Å². The largest absolute Gasteiger partial charge is 0.343 e. The van der Waals surface area contributed by atoms with Crippen molar-refractivity contribution in [1.82, 2.24) is 9.88 Å². The fourth-order valence-corrected chi connectivity index (χ4v) is 2.64. The molecule has 0 aliphatic heterocycles. The molecule has 0 radical (unpaired) electrons. The minimum Gasteiger partial charge on any atom is -0.343 e. The Kier molecular flexibility index (Phi) is 4.02. The van der Waals surface area contributed by atoms with Gasteiger partial charge in [-0.15, -0.1) is 0 Å². The number of nitrogens with one attached hydrogen (secondary N) is 1. The van der Waals surface area contributed by atoms with E-state index >= 15 is 0 Å². The number of benzene rings is 2. The zero-order chi connectivity index (χ0) is 14.7. The molecule has 1 heterocycles. The van der Waals surface area contributed by atoms with Gasteiger partial charge in [-0.1, -0.05) is 37.3 Å². The summed E-state index contributed by atoms with van der Waals surface area (Å²) in [5.74, 6) is -0.191. The molecule has 0 aliphatic carbocycles. The minimum atomic E-state index is -0.191. The molecule has 0 spiro atoms. The molecule has 2 aromatic carbocycles. The second-order valence-electron chi connectivity index (χ2n) is 5.21. The monoisotopic (exact) mass is 282 g/mol. The zero-order valence-electron chi connectivity index (χ0n) is 12.1. The summed E-state index contributed by atoms with van der Waals surface area (Å²) in [6, 6.07) is 15.1. The zero-order valence-corrected chi connectivity index (χ0v) is 12.1. The molecule has 0 saturated carbocycles. The molecule has 0 unspecified atom stereocenters. The van der Waals surface area contributed by atoms with Gasteiger partial charge in [0.05, 0.1) is 0 Å². The van der Waals surface area contributed by atoms with Gasteiger partial charge in [0.15, 0.2) is 0 Å². The van der Waals surface area contributed by atoms with E-state index in [0.29, 0.717) is 0 Å². The predicted molar refractivity (Wildman–Crippen MR) is 84.8 cm³/mol. The van der Waals surface area contributed by atoms with Crippen molar-refractivity contribution in [1.29, 1.82) is 0 Å². The van der Waals surface area contributed by atoms with Crippen LogP contribution in [0.2, 0.25) is 0 Å². The molecular formula is C18H19FN2. The highest BCUT2D eigenvalue weighted by Gasteiger charge is 2.08. The summed E-state index contributed by atoms with van der Waals surface area (Å²) in [5, 5.41) is 4.66. The topological polar surface area (TPSA) is 17.0 Å². The van der Waals surface area contributed by atoms with Gasteiger partial charge in [0.1, 0.15) is 5.82 Å². The maximum Gasteiger partial charge on any atom is 0.123 e. The summed E-state index contributed by atoms with van der Waals surface area (Å²) in [6.45, 7) is 4.69. The molecule has 0 bridgehead atoms. The van der Waals surface area contributed by atoms with Crippen molar-refractivity contribution in [2.45, 2.75) is 20.0 Å². The van der Waals surface area contributed by atoms with E-state index in [1.54, 1.807) is 0 Å². The normalized spacial score (nSPS) is 11.1. The minimum absolute atomic E-state index is 0.191. The Balaban J connectivity index is 1.96. The van der Waals surface area contributed by atoms with E-state index in [1.165, 1.54) is 28.6 Å². The summed E-state index contributed by atoms with van der Waals surface area (Å²) < 4.78 is 15.2. The van der Waals surface area contributed by atoms with E-state index < -0.39 is 0 Å². The first-order chi connectivity index (χ1) is 10.3. The smallest absolute Gasteiger partial charge is 0.123 e. The number of para-hydroxylation sites is 1. The van der Waals surface area contributed by atoms with Crippen LogP contribution in [0.1, 0.15) is 18.1 Å². The predicted octanol–water partition coefficient (Wildman–Crippen LogP) is 3.94. The van der Waals surface area contributed by atoms with E-state index in [9.17, 15) is 4.39 Å². The van der Waals surface area contributed by atoms with Gasteiger partial charge in [0.25, 0.3) is 0 Å². The van der Waals surface area contributed by atoms with Crippen LogP contribution in [0.5, 0.6) is 0 Å². The second kappa shape index (κ2) is 6.10. The van der Waals surface area contributed by atoms with Crippen molar-refractivity contribution in [3.05, 3.63) is 71.7 Å². The molecule has 0 aliphatic rings. The SMILES string of the molecule is CCNCc1cn(Cc2ccc(F)cc2)c2ccccc12. The van der Waals surface area contributed by atoms with Crippen LogP contribution in [0.4, 0.5) is 4.39 Å². The molecule has 1 N–H and O–H groups in total. The molecule has 108 valence electrons. The molecule has 1 aromatic heterocycles. The molecule has 0 amide bonds. The quantitative estimate of drug-likeness (QED) is 0.750. The molecular weight excluding hydrogens is 263 g/mol. The Morgan fingerprint density at radius 3 is 2.57 bits per heavy atom. The third kappa shape index (κ3) is 2.98. The highest BCUT2D eigenvalue weighted by molar-refractivity contribution is 5.84. The lowest BCUT2D eigenvalue weighted by Gasteiger charge is -2.05. The van der Waals surface area contributed by atoms with Crippen LogP contribution in [0.3, 0.4) is 0 Å². The summed E-state index contributed by atoms with van der Waals surface area (Å²) >= 11 is 0. The molecule has 3 heteroatoms. The first kappa shape index (κ1) is 13.8. The van der Waals surface area contributed by atoms with Gasteiger partial charge in [-0.05, 0) is 35.9 Å². The Morgan fingerprint density at radius 2 is 1.81 bits per heavy atom. The average molecular weight is 282 g/mol. The van der Waals surface area contributed by atoms with E-state index in [2.05, 4.69) is 47.3 Å². The lowest BCUT2D eigenvalue weighted by Crippen LogP contribution is -2.11. The molecule has 2 nitrogen and oxygen atoms in total. The third-order valence-corrected chi connectivity index (χ3v) is 3.70. The summed E-state index contributed by atoms with van der Waals surface area (Å²) in [6.07, 6.45) is 2.19. The van der Waals surface area contributed by atoms with Crippen LogP contribution >= 0.6 is 0 Å². The summed E-state index contributed by atoms with van der Waals surface area (Å²) in [4.78, 5) is 0. The number of hydrogen-bond acceptors (Lipinski definition) is 1. The van der Waals surface area contributed by atoms with Crippen molar-refractivity contribution < 1.29 is 4.39 Å². The molecule has 0 fully saturated rings. The van der Waals surface area contributed by atoms with Crippen molar-refractivity contribution in [3.63, 3.8) is 0 Å². The molecule has 0 saturated heterocycles. The second-order valence-corrected chi connectivity index (χ2v) is 5.21. The highest BCUT2D eigenvalue weighted by Crippen LogP contribution is 2.22. The van der Waals surface area contributed by atoms with Crippen LogP contribution in [0, 0.1) is 5.82 Å². The molecule has 0 atom stereocenters. The fourth-order valence-electron chi connectivity index (χ4n) is 2.64. The molecule has 3 aromatic rings. The molecule has 21 heavy (non-hydrogen) atoms. The number of hydrogen-bond donors (Lipinski definition) is 1. The number of aromatic nitrogens is 1. The van der Waals surface area contributed by atoms with Gasteiger partial charge in [0.2, 0.25) is 0 Å². The number of fused-ring (bicyclic) bond motifs is 1. The number of rotatable bonds is 5. The summed E-state index contributed by atoms with van der Waals surface area (Å²) in [7, 11) is 0. The van der Waals surface area contributed by atoms with Crippen molar-refractivity contribution in [3.8, 4) is 0 Å². The Morgan fingerprint density at radius 1 is 1.05 bits per heavy atom. The van der Waals surface area contributed by atoms with E-state index in [4.69, 9.17) is 0 Å². The Labute approximate surface area is 124 Å². The molecule has 3 rings (SSSR count). The number of nitrogens with zero attached hydrogens (tertiary/aromatic N) is 1. The maximum absolute atomic E-state index is 13.0. The summed E-state index contributed by atoms with van der Waals surface area (Å²) in [5.41, 5.74) is 3.62. The van der Waals surface area contributed by atoms with Gasteiger partial charge in [-0.2, -0.15) is 0 Å².